The number of hydrogen-bond acceptors (Lipinski definition) is 4. The van der Waals surface area contributed by atoms with Crippen LogP contribution in [0.4, 0.5) is 5.82 Å². The van der Waals surface area contributed by atoms with Crippen LogP contribution < -0.4 is 16.0 Å². The van der Waals surface area contributed by atoms with E-state index in [9.17, 15) is 4.79 Å². The lowest BCUT2D eigenvalue weighted by atomic mass is 9.79. The van der Waals surface area contributed by atoms with Crippen molar-refractivity contribution in [3.8, 4) is 0 Å². The number of hydrogen-bond donors (Lipinski definition) is 3. The molecule has 0 aromatic carbocycles. The summed E-state index contributed by atoms with van der Waals surface area (Å²) >= 11 is 0. The maximum absolute atomic E-state index is 11.6. The van der Waals surface area contributed by atoms with Gasteiger partial charge in [0.15, 0.2) is 5.96 Å². The molecule has 2 aliphatic heterocycles. The van der Waals surface area contributed by atoms with Crippen molar-refractivity contribution in [2.75, 3.05) is 45.1 Å². The van der Waals surface area contributed by atoms with Crippen LogP contribution in [-0.4, -0.2) is 61.5 Å². The van der Waals surface area contributed by atoms with Crippen molar-refractivity contribution < 1.29 is 4.79 Å². The highest BCUT2D eigenvalue weighted by molar-refractivity contribution is 14.0. The van der Waals surface area contributed by atoms with Gasteiger partial charge >= 0.3 is 0 Å². The fourth-order valence-electron chi connectivity index (χ4n) is 3.59. The van der Waals surface area contributed by atoms with Crippen LogP contribution >= 0.6 is 24.0 Å². The summed E-state index contributed by atoms with van der Waals surface area (Å²) in [4.78, 5) is 22.6. The number of likely N-dealkylation sites (tertiary alicyclic amines) is 1. The van der Waals surface area contributed by atoms with E-state index >= 15 is 0 Å². The standard InChI is InChI=1S/C17H26N6O.HI/c1-18-16(21-9-8-20-14-5-2-3-7-19-14)23-10-4-6-17(13-23)11-15(24)22-12-17;/h2-3,5,7H,4,6,8-13H2,1H3,(H,18,21)(H,19,20)(H,22,24);1H. The second-order valence-electron chi connectivity index (χ2n) is 6.59. The molecule has 0 bridgehead atoms. The number of rotatable bonds is 4. The van der Waals surface area contributed by atoms with Gasteiger partial charge in [-0.05, 0) is 25.0 Å². The monoisotopic (exact) mass is 458 g/mol. The number of carbonyl (C=O) groups is 1. The van der Waals surface area contributed by atoms with Gasteiger partial charge in [-0.1, -0.05) is 6.07 Å². The molecule has 2 aliphatic rings. The zero-order valence-corrected chi connectivity index (χ0v) is 17.0. The number of amides is 1. The first kappa shape index (κ1) is 19.7. The Morgan fingerprint density at radius 1 is 1.44 bits per heavy atom. The van der Waals surface area contributed by atoms with Gasteiger partial charge in [0.05, 0.1) is 0 Å². The molecule has 1 atom stereocenters. The van der Waals surface area contributed by atoms with Crippen LogP contribution in [0.15, 0.2) is 29.4 Å². The van der Waals surface area contributed by atoms with Crippen LogP contribution in [0.2, 0.25) is 0 Å². The highest BCUT2D eigenvalue weighted by atomic mass is 127. The molecule has 7 nitrogen and oxygen atoms in total. The number of carbonyl (C=O) groups excluding carboxylic acids is 1. The maximum Gasteiger partial charge on any atom is 0.220 e. The quantitative estimate of drug-likeness (QED) is 0.274. The second-order valence-corrected chi connectivity index (χ2v) is 6.59. The third-order valence-corrected chi connectivity index (χ3v) is 4.75. The first-order chi connectivity index (χ1) is 11.7. The van der Waals surface area contributed by atoms with Gasteiger partial charge in [-0.15, -0.1) is 24.0 Å². The largest absolute Gasteiger partial charge is 0.368 e. The minimum atomic E-state index is 0. The topological polar surface area (TPSA) is 81.7 Å². The zero-order chi connectivity index (χ0) is 16.8. The van der Waals surface area contributed by atoms with Crippen LogP contribution in [0.25, 0.3) is 0 Å². The Morgan fingerprint density at radius 3 is 3.00 bits per heavy atom. The summed E-state index contributed by atoms with van der Waals surface area (Å²) in [6.07, 6.45) is 4.63. The van der Waals surface area contributed by atoms with Crippen molar-refractivity contribution in [2.45, 2.75) is 19.3 Å². The molecule has 3 N–H and O–H groups in total. The Labute approximate surface area is 166 Å². The molecule has 0 saturated carbocycles. The van der Waals surface area contributed by atoms with Crippen LogP contribution in [0.1, 0.15) is 19.3 Å². The van der Waals surface area contributed by atoms with E-state index in [1.54, 1.807) is 6.20 Å². The smallest absolute Gasteiger partial charge is 0.220 e. The third kappa shape index (κ3) is 5.20. The fraction of sp³-hybridized carbons (Fsp3) is 0.588. The third-order valence-electron chi connectivity index (χ3n) is 4.75. The molecule has 3 heterocycles. The summed E-state index contributed by atoms with van der Waals surface area (Å²) in [5.74, 6) is 1.97. The number of pyridine rings is 1. The molecule has 8 heteroatoms. The summed E-state index contributed by atoms with van der Waals surface area (Å²) in [5.41, 5.74) is 0.0825. The van der Waals surface area contributed by atoms with E-state index in [2.05, 4.69) is 30.8 Å². The molecule has 1 aromatic rings. The van der Waals surface area contributed by atoms with Gasteiger partial charge in [-0.25, -0.2) is 4.98 Å². The molecule has 1 spiro atoms. The number of aliphatic imine (C=N–C) groups is 1. The van der Waals surface area contributed by atoms with E-state index in [1.807, 2.05) is 25.2 Å². The average molecular weight is 458 g/mol. The molecule has 1 unspecified atom stereocenters. The molecule has 2 fully saturated rings. The molecule has 25 heavy (non-hydrogen) atoms. The minimum absolute atomic E-state index is 0. The van der Waals surface area contributed by atoms with Crippen molar-refractivity contribution in [2.24, 2.45) is 10.4 Å². The van der Waals surface area contributed by atoms with Crippen LogP contribution in [0, 0.1) is 5.41 Å². The molecule has 138 valence electrons. The lowest BCUT2D eigenvalue weighted by Gasteiger charge is -2.40. The van der Waals surface area contributed by atoms with Gasteiger partial charge < -0.3 is 20.9 Å². The Kier molecular flexibility index (Phi) is 7.27. The molecular weight excluding hydrogens is 431 g/mol. The lowest BCUT2D eigenvalue weighted by molar-refractivity contribution is -0.119. The molecular formula is C17H27IN6O. The van der Waals surface area contributed by atoms with Crippen LogP contribution in [0.5, 0.6) is 0 Å². The number of halogens is 1. The van der Waals surface area contributed by atoms with Gasteiger partial charge in [-0.3, -0.25) is 9.79 Å². The Balaban J connectivity index is 0.00000225. The van der Waals surface area contributed by atoms with Crippen molar-refractivity contribution in [1.29, 1.82) is 0 Å². The van der Waals surface area contributed by atoms with Gasteiger partial charge in [-0.2, -0.15) is 0 Å². The first-order valence-electron chi connectivity index (χ1n) is 8.58. The zero-order valence-electron chi connectivity index (χ0n) is 14.6. The van der Waals surface area contributed by atoms with Crippen molar-refractivity contribution in [3.63, 3.8) is 0 Å². The number of nitrogens with zero attached hydrogens (tertiary/aromatic N) is 3. The fourth-order valence-corrected chi connectivity index (χ4v) is 3.59. The molecule has 0 aliphatic carbocycles. The van der Waals surface area contributed by atoms with Crippen molar-refractivity contribution in [3.05, 3.63) is 24.4 Å². The van der Waals surface area contributed by atoms with Gasteiger partial charge in [0.1, 0.15) is 5.82 Å². The Bertz CT molecular complexity index is 596. The molecule has 0 radical (unpaired) electrons. The summed E-state index contributed by atoms with van der Waals surface area (Å²) in [6, 6.07) is 5.82. The number of nitrogens with one attached hydrogen (secondary N) is 3. The van der Waals surface area contributed by atoms with Gasteiger partial charge in [0.25, 0.3) is 0 Å². The number of aromatic nitrogens is 1. The molecule has 1 aromatic heterocycles. The van der Waals surface area contributed by atoms with E-state index in [0.29, 0.717) is 6.42 Å². The van der Waals surface area contributed by atoms with Crippen molar-refractivity contribution >= 4 is 41.7 Å². The first-order valence-corrected chi connectivity index (χ1v) is 8.58. The normalized spacial score (nSPS) is 23.2. The Hall–Kier alpha value is -1.58. The van der Waals surface area contributed by atoms with E-state index in [0.717, 1.165) is 57.3 Å². The summed E-state index contributed by atoms with van der Waals surface area (Å²) in [7, 11) is 1.81. The van der Waals surface area contributed by atoms with E-state index in [1.165, 1.54) is 0 Å². The van der Waals surface area contributed by atoms with E-state index in [-0.39, 0.29) is 35.3 Å². The molecule has 2 saturated heterocycles. The number of piperidine rings is 1. The van der Waals surface area contributed by atoms with Gasteiger partial charge in [0, 0.05) is 57.8 Å². The summed E-state index contributed by atoms with van der Waals surface area (Å²) in [5, 5.41) is 9.67. The van der Waals surface area contributed by atoms with E-state index in [4.69, 9.17) is 0 Å². The lowest BCUT2D eigenvalue weighted by Crippen LogP contribution is -2.51. The summed E-state index contributed by atoms with van der Waals surface area (Å²) < 4.78 is 0. The van der Waals surface area contributed by atoms with Crippen LogP contribution in [-0.2, 0) is 4.79 Å². The highest BCUT2D eigenvalue weighted by Crippen LogP contribution is 2.35. The Morgan fingerprint density at radius 2 is 2.32 bits per heavy atom. The highest BCUT2D eigenvalue weighted by Gasteiger charge is 2.42. The number of anilines is 1. The van der Waals surface area contributed by atoms with E-state index < -0.39 is 0 Å². The van der Waals surface area contributed by atoms with Gasteiger partial charge in [0.2, 0.25) is 5.91 Å². The average Bonchev–Trinajstić information content (AvgIpc) is 2.96. The predicted octanol–water partition coefficient (Wildman–Crippen LogP) is 1.29. The second kappa shape index (κ2) is 9.21. The predicted molar refractivity (Wildman–Crippen MR) is 110 cm³/mol. The van der Waals surface area contributed by atoms with Crippen LogP contribution in [0.3, 0.4) is 0 Å². The SMILES string of the molecule is CN=C(NCCNc1ccccn1)N1CCCC2(CNC(=O)C2)C1.I. The molecule has 3 rings (SSSR count). The summed E-state index contributed by atoms with van der Waals surface area (Å²) in [6.45, 7) is 4.21. The molecule has 1 amide bonds. The minimum Gasteiger partial charge on any atom is -0.368 e. The number of guanidine groups is 1. The van der Waals surface area contributed by atoms with Crippen molar-refractivity contribution in [1.82, 2.24) is 20.5 Å². The maximum atomic E-state index is 11.6.